The summed E-state index contributed by atoms with van der Waals surface area (Å²) in [6.07, 6.45) is 3.80. The highest BCUT2D eigenvalue weighted by molar-refractivity contribution is 6.00. The average Bonchev–Trinajstić information content (AvgIpc) is 3.08. The molecule has 0 aliphatic heterocycles. The minimum absolute atomic E-state index is 0.331. The van der Waals surface area contributed by atoms with Gasteiger partial charge in [0, 0.05) is 5.39 Å². The van der Waals surface area contributed by atoms with Crippen molar-refractivity contribution in [1.82, 2.24) is 0 Å². The normalized spacial score (nSPS) is 11.0. The lowest BCUT2D eigenvalue weighted by molar-refractivity contribution is 0.0597. The fourth-order valence-electron chi connectivity index (χ4n) is 2.55. The number of ether oxygens (including phenoxy) is 3. The summed E-state index contributed by atoms with van der Waals surface area (Å²) in [6, 6.07) is 13.0. The van der Waals surface area contributed by atoms with Crippen LogP contribution in [0.3, 0.4) is 0 Å². The highest BCUT2D eigenvalue weighted by Crippen LogP contribution is 2.33. The van der Waals surface area contributed by atoms with Crippen LogP contribution in [0.25, 0.3) is 23.1 Å². The zero-order chi connectivity index (χ0) is 17.8. The lowest BCUT2D eigenvalue weighted by atomic mass is 10.1. The Balaban J connectivity index is 1.94. The molecule has 0 radical (unpaired) electrons. The van der Waals surface area contributed by atoms with Gasteiger partial charge in [-0.15, -0.1) is 0 Å². The van der Waals surface area contributed by atoms with Gasteiger partial charge in [-0.3, -0.25) is 0 Å². The third-order valence-electron chi connectivity index (χ3n) is 3.83. The zero-order valence-corrected chi connectivity index (χ0v) is 14.2. The minimum Gasteiger partial charge on any atom is -0.497 e. The number of fused-ring (bicyclic) bond motifs is 1. The first-order valence-corrected chi connectivity index (χ1v) is 7.67. The summed E-state index contributed by atoms with van der Waals surface area (Å²) < 4.78 is 21.1. The van der Waals surface area contributed by atoms with Gasteiger partial charge in [-0.25, -0.2) is 4.79 Å². The number of benzene rings is 2. The van der Waals surface area contributed by atoms with Crippen LogP contribution in [-0.4, -0.2) is 27.3 Å². The minimum atomic E-state index is -0.467. The Morgan fingerprint density at radius 1 is 0.960 bits per heavy atom. The van der Waals surface area contributed by atoms with Crippen LogP contribution < -0.4 is 9.47 Å². The average molecular weight is 338 g/mol. The van der Waals surface area contributed by atoms with E-state index < -0.39 is 5.97 Å². The van der Waals surface area contributed by atoms with E-state index in [2.05, 4.69) is 0 Å². The predicted molar refractivity (Wildman–Crippen MR) is 96.0 cm³/mol. The fraction of sp³-hybridized carbons (Fsp3) is 0.150. The molecule has 1 aromatic heterocycles. The van der Waals surface area contributed by atoms with Crippen LogP contribution >= 0.6 is 0 Å². The van der Waals surface area contributed by atoms with Gasteiger partial charge in [0.25, 0.3) is 0 Å². The van der Waals surface area contributed by atoms with Gasteiger partial charge in [0.1, 0.15) is 17.1 Å². The third-order valence-corrected chi connectivity index (χ3v) is 3.83. The van der Waals surface area contributed by atoms with Crippen molar-refractivity contribution in [3.8, 4) is 11.5 Å². The number of carbonyl (C=O) groups is 1. The van der Waals surface area contributed by atoms with Gasteiger partial charge in [-0.2, -0.15) is 0 Å². The van der Waals surface area contributed by atoms with Crippen LogP contribution in [0.1, 0.15) is 21.7 Å². The predicted octanol–water partition coefficient (Wildman–Crippen LogP) is 4.41. The molecule has 0 fully saturated rings. The van der Waals surface area contributed by atoms with Crippen molar-refractivity contribution >= 4 is 29.1 Å². The van der Waals surface area contributed by atoms with Gasteiger partial charge >= 0.3 is 5.97 Å². The topological polar surface area (TPSA) is 57.9 Å². The Morgan fingerprint density at radius 2 is 1.72 bits per heavy atom. The molecule has 0 unspecified atom stereocenters. The first-order chi connectivity index (χ1) is 12.2. The second-order valence-electron chi connectivity index (χ2n) is 5.31. The Bertz CT molecular complexity index is 919. The van der Waals surface area contributed by atoms with E-state index in [1.54, 1.807) is 19.2 Å². The van der Waals surface area contributed by atoms with Crippen LogP contribution in [0, 0.1) is 0 Å². The van der Waals surface area contributed by atoms with Gasteiger partial charge in [0.05, 0.1) is 21.3 Å². The van der Waals surface area contributed by atoms with Crippen molar-refractivity contribution in [2.75, 3.05) is 21.3 Å². The van der Waals surface area contributed by atoms with Crippen LogP contribution in [0.5, 0.6) is 11.5 Å². The molecule has 0 saturated carbocycles. The first-order valence-electron chi connectivity index (χ1n) is 7.67. The van der Waals surface area contributed by atoms with Crippen LogP contribution in [-0.2, 0) is 4.74 Å². The molecule has 5 heteroatoms. The largest absolute Gasteiger partial charge is 0.497 e. The smallest absolute Gasteiger partial charge is 0.341 e. The Hall–Kier alpha value is -3.21. The zero-order valence-electron chi connectivity index (χ0n) is 14.2. The molecule has 0 amide bonds. The summed E-state index contributed by atoms with van der Waals surface area (Å²) in [5.41, 5.74) is 1.86. The second kappa shape index (κ2) is 7.13. The molecule has 1 heterocycles. The molecule has 0 spiro atoms. The molecule has 128 valence electrons. The lowest BCUT2D eigenvalue weighted by Crippen LogP contribution is -2.03. The molecule has 3 aromatic rings. The maximum Gasteiger partial charge on any atom is 0.341 e. The molecule has 0 aliphatic rings. The second-order valence-corrected chi connectivity index (χ2v) is 5.31. The van der Waals surface area contributed by atoms with Gasteiger partial charge in [0.2, 0.25) is 0 Å². The third kappa shape index (κ3) is 3.35. The van der Waals surface area contributed by atoms with E-state index in [4.69, 9.17) is 18.6 Å². The summed E-state index contributed by atoms with van der Waals surface area (Å²) in [4.78, 5) is 11.8. The maximum absolute atomic E-state index is 11.8. The van der Waals surface area contributed by atoms with Crippen molar-refractivity contribution in [2.45, 2.75) is 0 Å². The molecule has 0 aliphatic carbocycles. The molecule has 0 bridgehead atoms. The number of furan rings is 1. The van der Waals surface area contributed by atoms with Crippen LogP contribution in [0.15, 0.2) is 46.9 Å². The summed E-state index contributed by atoms with van der Waals surface area (Å²) in [7, 11) is 4.46. The molecular weight excluding hydrogens is 320 g/mol. The molecular formula is C20H18O5. The van der Waals surface area contributed by atoms with Crippen molar-refractivity contribution in [1.29, 1.82) is 0 Å². The Kier molecular flexibility index (Phi) is 4.75. The van der Waals surface area contributed by atoms with E-state index in [1.165, 1.54) is 14.2 Å². The van der Waals surface area contributed by atoms with E-state index in [9.17, 15) is 4.79 Å². The molecule has 5 nitrogen and oxygen atoms in total. The van der Waals surface area contributed by atoms with E-state index >= 15 is 0 Å². The summed E-state index contributed by atoms with van der Waals surface area (Å²) in [5.74, 6) is 1.37. The van der Waals surface area contributed by atoms with E-state index in [-0.39, 0.29) is 0 Å². The highest BCUT2D eigenvalue weighted by atomic mass is 16.5. The van der Waals surface area contributed by atoms with E-state index in [1.807, 2.05) is 42.5 Å². The summed E-state index contributed by atoms with van der Waals surface area (Å²) >= 11 is 0. The fourth-order valence-corrected chi connectivity index (χ4v) is 2.55. The van der Waals surface area contributed by atoms with Crippen molar-refractivity contribution in [3.63, 3.8) is 0 Å². The molecule has 0 atom stereocenters. The Labute approximate surface area is 145 Å². The van der Waals surface area contributed by atoms with Crippen LogP contribution in [0.4, 0.5) is 0 Å². The first kappa shape index (κ1) is 16.6. The van der Waals surface area contributed by atoms with Crippen LogP contribution in [0.2, 0.25) is 0 Å². The Morgan fingerprint density at radius 3 is 2.36 bits per heavy atom. The van der Waals surface area contributed by atoms with Gasteiger partial charge in [-0.1, -0.05) is 18.2 Å². The number of carbonyl (C=O) groups excluding carboxylic acids is 1. The number of rotatable bonds is 5. The summed E-state index contributed by atoms with van der Waals surface area (Å²) in [5, 5.41) is 0.846. The van der Waals surface area contributed by atoms with Gasteiger partial charge < -0.3 is 18.6 Å². The van der Waals surface area contributed by atoms with Crippen molar-refractivity contribution in [2.24, 2.45) is 0 Å². The van der Waals surface area contributed by atoms with Crippen molar-refractivity contribution in [3.05, 3.63) is 59.4 Å². The number of methoxy groups -OCH3 is 3. The molecule has 2 aromatic carbocycles. The van der Waals surface area contributed by atoms with Gasteiger partial charge in [-0.05, 0) is 42.0 Å². The van der Waals surface area contributed by atoms with E-state index in [0.29, 0.717) is 22.7 Å². The maximum atomic E-state index is 11.8. The number of esters is 1. The number of hydrogen-bond acceptors (Lipinski definition) is 5. The molecule has 0 saturated heterocycles. The SMILES string of the molecule is COC(=O)c1ccc2cc(/C=C/c3ccc(OC)cc3)oc2c1OC. The quantitative estimate of drug-likeness (QED) is 0.645. The standard InChI is InChI=1S/C20H18O5/c1-22-15-8-4-13(5-9-15)6-10-16-12-14-7-11-17(20(21)24-3)19(23-2)18(14)25-16/h4-12H,1-3H3/b10-6+. The molecule has 0 N–H and O–H groups in total. The van der Waals surface area contributed by atoms with Crippen molar-refractivity contribution < 1.29 is 23.4 Å². The molecule has 25 heavy (non-hydrogen) atoms. The number of hydrogen-bond donors (Lipinski definition) is 0. The van der Waals surface area contributed by atoms with Gasteiger partial charge in [0.15, 0.2) is 11.3 Å². The lowest BCUT2D eigenvalue weighted by Gasteiger charge is -2.06. The molecule has 3 rings (SSSR count). The van der Waals surface area contributed by atoms with E-state index in [0.717, 1.165) is 16.7 Å². The summed E-state index contributed by atoms with van der Waals surface area (Å²) in [6.45, 7) is 0. The monoisotopic (exact) mass is 338 g/mol. The highest BCUT2D eigenvalue weighted by Gasteiger charge is 2.18.